The second kappa shape index (κ2) is 4.43. The lowest BCUT2D eigenvalue weighted by molar-refractivity contribution is 0.535. The lowest BCUT2D eigenvalue weighted by Gasteiger charge is -2.15. The van der Waals surface area contributed by atoms with Crippen molar-refractivity contribution in [3.8, 4) is 0 Å². The van der Waals surface area contributed by atoms with E-state index in [1.807, 2.05) is 0 Å². The van der Waals surface area contributed by atoms with Gasteiger partial charge in [-0.15, -0.1) is 0 Å². The van der Waals surface area contributed by atoms with E-state index in [2.05, 4.69) is 45.0 Å². The molecule has 0 aromatic heterocycles. The van der Waals surface area contributed by atoms with Crippen LogP contribution in [0.5, 0.6) is 0 Å². The molecule has 1 rings (SSSR count). The maximum absolute atomic E-state index is 5.54. The molecule has 1 atom stereocenters. The molecule has 0 aliphatic heterocycles. The van der Waals surface area contributed by atoms with Crippen molar-refractivity contribution < 1.29 is 0 Å². The van der Waals surface area contributed by atoms with Crippen LogP contribution in [0.15, 0.2) is 24.3 Å². The van der Waals surface area contributed by atoms with Gasteiger partial charge in [0, 0.05) is 6.54 Å². The molecule has 0 saturated heterocycles. The van der Waals surface area contributed by atoms with E-state index in [9.17, 15) is 0 Å². The van der Waals surface area contributed by atoms with Crippen molar-refractivity contribution in [1.29, 1.82) is 0 Å². The Hall–Kier alpha value is -0.820. The molecular weight excluding hydrogens is 158 g/mol. The fourth-order valence-corrected chi connectivity index (χ4v) is 1.34. The van der Waals surface area contributed by atoms with Gasteiger partial charge >= 0.3 is 0 Å². The van der Waals surface area contributed by atoms with Gasteiger partial charge < -0.3 is 5.73 Å². The van der Waals surface area contributed by atoms with Crippen LogP contribution in [0, 0.1) is 5.92 Å². The highest BCUT2D eigenvalue weighted by Crippen LogP contribution is 2.23. The highest BCUT2D eigenvalue weighted by molar-refractivity contribution is 5.25. The molecule has 0 radical (unpaired) electrons. The molecule has 0 aliphatic carbocycles. The minimum absolute atomic E-state index is 0.631. The summed E-state index contributed by atoms with van der Waals surface area (Å²) in [5, 5.41) is 0. The van der Waals surface area contributed by atoms with Crippen molar-refractivity contribution in [2.24, 2.45) is 11.7 Å². The van der Waals surface area contributed by atoms with Gasteiger partial charge in [0.2, 0.25) is 0 Å². The van der Waals surface area contributed by atoms with Gasteiger partial charge in [-0.2, -0.15) is 0 Å². The zero-order valence-corrected chi connectivity index (χ0v) is 8.75. The molecule has 0 heterocycles. The van der Waals surface area contributed by atoms with Crippen molar-refractivity contribution in [1.82, 2.24) is 0 Å². The van der Waals surface area contributed by atoms with Crippen molar-refractivity contribution >= 4 is 0 Å². The highest BCUT2D eigenvalue weighted by Gasteiger charge is 2.08. The normalized spacial score (nSPS) is 13.3. The van der Waals surface area contributed by atoms with Gasteiger partial charge in [-0.1, -0.05) is 45.0 Å². The van der Waals surface area contributed by atoms with Gasteiger partial charge in [-0.05, 0) is 23.0 Å². The molecule has 72 valence electrons. The maximum Gasteiger partial charge on any atom is 0.0178 e. The molecule has 1 aromatic carbocycles. The molecule has 0 bridgehead atoms. The first-order valence-corrected chi connectivity index (χ1v) is 4.94. The molecule has 13 heavy (non-hydrogen) atoms. The first kappa shape index (κ1) is 10.3. The molecule has 0 aliphatic rings. The van der Waals surface area contributed by atoms with Crippen LogP contribution in [-0.4, -0.2) is 0 Å². The Bertz CT molecular complexity index is 248. The summed E-state index contributed by atoms with van der Waals surface area (Å²) in [7, 11) is 0. The topological polar surface area (TPSA) is 26.0 Å². The summed E-state index contributed by atoms with van der Waals surface area (Å²) in [5.74, 6) is 1.33. The summed E-state index contributed by atoms with van der Waals surface area (Å²) in [6.07, 6.45) is 0. The fourth-order valence-electron chi connectivity index (χ4n) is 1.34. The molecular formula is C12H19N. The predicted molar refractivity (Wildman–Crippen MR) is 57.6 cm³/mol. The van der Waals surface area contributed by atoms with Crippen LogP contribution in [-0.2, 0) is 6.54 Å². The number of benzene rings is 1. The standard InChI is InChI=1S/C12H19N/c1-9(2)10(3)12-6-4-11(8-13)5-7-12/h4-7,9-10H,8,13H2,1-3H3. The van der Waals surface area contributed by atoms with Crippen LogP contribution in [0.4, 0.5) is 0 Å². The van der Waals surface area contributed by atoms with Crippen LogP contribution >= 0.6 is 0 Å². The number of hydrogen-bond acceptors (Lipinski definition) is 1. The van der Waals surface area contributed by atoms with Crippen LogP contribution in [0.3, 0.4) is 0 Å². The molecule has 2 N–H and O–H groups in total. The lowest BCUT2D eigenvalue weighted by atomic mass is 9.90. The Morgan fingerprint density at radius 3 is 2.00 bits per heavy atom. The highest BCUT2D eigenvalue weighted by atomic mass is 14.5. The summed E-state index contributed by atoms with van der Waals surface area (Å²) >= 11 is 0. The van der Waals surface area contributed by atoms with E-state index in [-0.39, 0.29) is 0 Å². The molecule has 1 heteroatoms. The third kappa shape index (κ3) is 2.56. The maximum atomic E-state index is 5.54. The van der Waals surface area contributed by atoms with E-state index >= 15 is 0 Å². The summed E-state index contributed by atoms with van der Waals surface area (Å²) < 4.78 is 0. The molecule has 1 aromatic rings. The van der Waals surface area contributed by atoms with Crippen molar-refractivity contribution in [2.75, 3.05) is 0 Å². The monoisotopic (exact) mass is 177 g/mol. The quantitative estimate of drug-likeness (QED) is 0.754. The van der Waals surface area contributed by atoms with Gasteiger partial charge in [-0.25, -0.2) is 0 Å². The Labute approximate surface area is 81.0 Å². The smallest absolute Gasteiger partial charge is 0.0178 e. The molecule has 0 saturated carbocycles. The minimum Gasteiger partial charge on any atom is -0.326 e. The van der Waals surface area contributed by atoms with E-state index in [4.69, 9.17) is 5.73 Å². The Balaban J connectivity index is 2.79. The van der Waals surface area contributed by atoms with Crippen LogP contribution in [0.2, 0.25) is 0 Å². The van der Waals surface area contributed by atoms with Crippen LogP contribution in [0.25, 0.3) is 0 Å². The Kier molecular flexibility index (Phi) is 3.49. The Morgan fingerprint density at radius 2 is 1.62 bits per heavy atom. The summed E-state index contributed by atoms with van der Waals surface area (Å²) in [5.41, 5.74) is 8.15. The van der Waals surface area contributed by atoms with E-state index in [0.717, 1.165) is 0 Å². The summed E-state index contributed by atoms with van der Waals surface area (Å²) in [4.78, 5) is 0. The number of rotatable bonds is 3. The number of nitrogens with two attached hydrogens (primary N) is 1. The van der Waals surface area contributed by atoms with Gasteiger partial charge in [0.05, 0.1) is 0 Å². The van der Waals surface area contributed by atoms with Gasteiger partial charge in [0.1, 0.15) is 0 Å². The van der Waals surface area contributed by atoms with E-state index < -0.39 is 0 Å². The van der Waals surface area contributed by atoms with Gasteiger partial charge in [0.15, 0.2) is 0 Å². The van der Waals surface area contributed by atoms with E-state index in [1.165, 1.54) is 11.1 Å². The number of hydrogen-bond donors (Lipinski definition) is 1. The lowest BCUT2D eigenvalue weighted by Crippen LogP contribution is -2.02. The van der Waals surface area contributed by atoms with E-state index in [1.54, 1.807) is 0 Å². The molecule has 0 spiro atoms. The van der Waals surface area contributed by atoms with E-state index in [0.29, 0.717) is 18.4 Å². The third-order valence-electron chi connectivity index (χ3n) is 2.74. The van der Waals surface area contributed by atoms with Crippen LogP contribution < -0.4 is 5.73 Å². The zero-order chi connectivity index (χ0) is 9.84. The largest absolute Gasteiger partial charge is 0.326 e. The van der Waals surface area contributed by atoms with Gasteiger partial charge in [-0.3, -0.25) is 0 Å². The zero-order valence-electron chi connectivity index (χ0n) is 8.75. The molecule has 0 amide bonds. The first-order chi connectivity index (χ1) is 6.15. The van der Waals surface area contributed by atoms with Crippen molar-refractivity contribution in [2.45, 2.75) is 33.2 Å². The minimum atomic E-state index is 0.631. The average Bonchev–Trinajstić information content (AvgIpc) is 2.17. The summed E-state index contributed by atoms with van der Waals surface area (Å²) in [6, 6.07) is 8.61. The third-order valence-corrected chi connectivity index (χ3v) is 2.74. The SMILES string of the molecule is CC(C)C(C)c1ccc(CN)cc1. The predicted octanol–water partition coefficient (Wildman–Crippen LogP) is 2.90. The molecule has 1 unspecified atom stereocenters. The van der Waals surface area contributed by atoms with Crippen molar-refractivity contribution in [3.63, 3.8) is 0 Å². The first-order valence-electron chi connectivity index (χ1n) is 4.94. The Morgan fingerprint density at radius 1 is 1.08 bits per heavy atom. The van der Waals surface area contributed by atoms with Crippen LogP contribution in [0.1, 0.15) is 37.8 Å². The second-order valence-corrected chi connectivity index (χ2v) is 3.98. The molecule has 0 fully saturated rings. The summed E-state index contributed by atoms with van der Waals surface area (Å²) in [6.45, 7) is 7.40. The average molecular weight is 177 g/mol. The second-order valence-electron chi connectivity index (χ2n) is 3.98. The van der Waals surface area contributed by atoms with Gasteiger partial charge in [0.25, 0.3) is 0 Å². The fraction of sp³-hybridized carbons (Fsp3) is 0.500. The molecule has 1 nitrogen and oxygen atoms in total. The van der Waals surface area contributed by atoms with Crippen molar-refractivity contribution in [3.05, 3.63) is 35.4 Å².